The normalized spacial score (nSPS) is 12.9. The lowest BCUT2D eigenvalue weighted by Gasteiger charge is -2.25. The lowest BCUT2D eigenvalue weighted by atomic mass is 10.0. The number of hydrogen-bond acceptors (Lipinski definition) is 2. The van der Waals surface area contributed by atoms with Crippen LogP contribution in [0.15, 0.2) is 22.8 Å². The maximum Gasteiger partial charge on any atom is 0.289 e. The molecule has 0 aliphatic carbocycles. The monoisotopic (exact) mass is 209 g/mol. The van der Waals surface area contributed by atoms with Crippen LogP contribution < -0.4 is 0 Å². The van der Waals surface area contributed by atoms with E-state index in [1.807, 2.05) is 7.05 Å². The summed E-state index contributed by atoms with van der Waals surface area (Å²) in [5.41, 5.74) is 0. The van der Waals surface area contributed by atoms with E-state index < -0.39 is 0 Å². The van der Waals surface area contributed by atoms with Crippen LogP contribution in [0.25, 0.3) is 0 Å². The third kappa shape index (κ3) is 3.11. The first-order valence-electron chi connectivity index (χ1n) is 5.33. The first-order chi connectivity index (χ1) is 7.02. The summed E-state index contributed by atoms with van der Waals surface area (Å²) in [6.07, 6.45) is 2.52. The molecule has 0 bridgehead atoms. The zero-order valence-corrected chi connectivity index (χ0v) is 9.86. The number of amides is 1. The van der Waals surface area contributed by atoms with Gasteiger partial charge in [0.05, 0.1) is 6.26 Å². The molecule has 0 fully saturated rings. The summed E-state index contributed by atoms with van der Waals surface area (Å²) in [5.74, 6) is 0.952. The van der Waals surface area contributed by atoms with E-state index in [0.29, 0.717) is 11.7 Å². The highest BCUT2D eigenvalue weighted by atomic mass is 16.3. The van der Waals surface area contributed by atoms with Crippen molar-refractivity contribution in [3.8, 4) is 0 Å². The second-order valence-corrected chi connectivity index (χ2v) is 4.37. The van der Waals surface area contributed by atoms with Crippen LogP contribution in [0.1, 0.15) is 37.7 Å². The maximum atomic E-state index is 11.9. The molecule has 1 aromatic rings. The molecule has 15 heavy (non-hydrogen) atoms. The van der Waals surface area contributed by atoms with Crippen LogP contribution in [0.4, 0.5) is 0 Å². The minimum Gasteiger partial charge on any atom is -0.459 e. The fraction of sp³-hybridized carbons (Fsp3) is 0.583. The van der Waals surface area contributed by atoms with Gasteiger partial charge in [-0.25, -0.2) is 0 Å². The molecule has 1 amide bonds. The highest BCUT2D eigenvalue weighted by Gasteiger charge is 2.19. The molecule has 0 aliphatic heterocycles. The Balaban J connectivity index is 2.60. The van der Waals surface area contributed by atoms with Crippen LogP contribution in [0.2, 0.25) is 0 Å². The molecule has 0 radical (unpaired) electrons. The van der Waals surface area contributed by atoms with Gasteiger partial charge in [0, 0.05) is 13.1 Å². The van der Waals surface area contributed by atoms with Crippen LogP contribution in [0.3, 0.4) is 0 Å². The molecule has 84 valence electrons. The topological polar surface area (TPSA) is 33.5 Å². The third-order valence-electron chi connectivity index (χ3n) is 2.53. The van der Waals surface area contributed by atoms with Gasteiger partial charge < -0.3 is 9.32 Å². The highest BCUT2D eigenvalue weighted by molar-refractivity contribution is 5.91. The fourth-order valence-corrected chi connectivity index (χ4v) is 1.61. The number of furan rings is 1. The van der Waals surface area contributed by atoms with Crippen LogP contribution >= 0.6 is 0 Å². The molecule has 0 saturated heterocycles. The molecule has 1 atom stereocenters. The van der Waals surface area contributed by atoms with Crippen LogP contribution in [0, 0.1) is 5.92 Å². The Bertz CT molecular complexity index is 303. The molecular weight excluding hydrogens is 190 g/mol. The van der Waals surface area contributed by atoms with Crippen molar-refractivity contribution < 1.29 is 9.21 Å². The number of rotatable bonds is 4. The molecule has 1 rings (SSSR count). The van der Waals surface area contributed by atoms with Crippen molar-refractivity contribution in [2.24, 2.45) is 5.92 Å². The van der Waals surface area contributed by atoms with Crippen molar-refractivity contribution in [3.63, 3.8) is 0 Å². The van der Waals surface area contributed by atoms with Crippen LogP contribution in [0.5, 0.6) is 0 Å². The average Bonchev–Trinajstić information content (AvgIpc) is 2.67. The molecule has 0 N–H and O–H groups in total. The van der Waals surface area contributed by atoms with Crippen molar-refractivity contribution in [2.75, 3.05) is 7.05 Å². The Kier molecular flexibility index (Phi) is 3.95. The Morgan fingerprint density at radius 3 is 2.60 bits per heavy atom. The summed E-state index contributed by atoms with van der Waals surface area (Å²) in [4.78, 5) is 13.6. The second kappa shape index (κ2) is 5.01. The number of nitrogens with zero attached hydrogens (tertiary/aromatic N) is 1. The second-order valence-electron chi connectivity index (χ2n) is 4.37. The van der Waals surface area contributed by atoms with Gasteiger partial charge in [0.1, 0.15) is 0 Å². The van der Waals surface area contributed by atoms with Gasteiger partial charge >= 0.3 is 0 Å². The molecule has 0 aliphatic rings. The molecule has 3 nitrogen and oxygen atoms in total. The summed E-state index contributed by atoms with van der Waals surface area (Å²) in [6.45, 7) is 6.37. The summed E-state index contributed by atoms with van der Waals surface area (Å²) in [7, 11) is 1.82. The van der Waals surface area contributed by atoms with E-state index in [1.54, 1.807) is 17.0 Å². The first-order valence-corrected chi connectivity index (χ1v) is 5.33. The Hall–Kier alpha value is -1.25. The van der Waals surface area contributed by atoms with Crippen molar-refractivity contribution in [3.05, 3.63) is 24.2 Å². The van der Waals surface area contributed by atoms with Gasteiger partial charge in [-0.15, -0.1) is 0 Å². The van der Waals surface area contributed by atoms with Crippen molar-refractivity contribution >= 4 is 5.91 Å². The van der Waals surface area contributed by atoms with Crippen LogP contribution in [-0.2, 0) is 0 Å². The van der Waals surface area contributed by atoms with Gasteiger partial charge in [0.15, 0.2) is 5.76 Å². The van der Waals surface area contributed by atoms with Crippen LogP contribution in [-0.4, -0.2) is 23.9 Å². The maximum absolute atomic E-state index is 11.9. The molecule has 1 heterocycles. The van der Waals surface area contributed by atoms with E-state index in [-0.39, 0.29) is 11.9 Å². The molecule has 0 saturated carbocycles. The number of hydrogen-bond donors (Lipinski definition) is 0. The van der Waals surface area contributed by atoms with Gasteiger partial charge in [-0.2, -0.15) is 0 Å². The smallest absolute Gasteiger partial charge is 0.289 e. The van der Waals surface area contributed by atoms with Crippen molar-refractivity contribution in [1.82, 2.24) is 4.90 Å². The highest BCUT2D eigenvalue weighted by Crippen LogP contribution is 2.13. The number of carbonyl (C=O) groups is 1. The van der Waals surface area contributed by atoms with E-state index in [0.717, 1.165) is 6.42 Å². The zero-order chi connectivity index (χ0) is 11.4. The molecule has 1 unspecified atom stereocenters. The SMILES string of the molecule is CC(C)CC(C)N(C)C(=O)c1ccco1. The molecule has 1 aromatic heterocycles. The average molecular weight is 209 g/mol. The van der Waals surface area contributed by atoms with Gasteiger partial charge in [-0.3, -0.25) is 4.79 Å². The summed E-state index contributed by atoms with van der Waals surface area (Å²) in [6, 6.07) is 3.66. The van der Waals surface area contributed by atoms with E-state index in [2.05, 4.69) is 20.8 Å². The molecule has 0 aromatic carbocycles. The van der Waals surface area contributed by atoms with Crippen molar-refractivity contribution in [1.29, 1.82) is 0 Å². The minimum absolute atomic E-state index is 0.0480. The van der Waals surface area contributed by atoms with Gasteiger partial charge in [-0.1, -0.05) is 13.8 Å². The van der Waals surface area contributed by atoms with E-state index in [1.165, 1.54) is 6.26 Å². The third-order valence-corrected chi connectivity index (χ3v) is 2.53. The minimum atomic E-state index is -0.0480. The first kappa shape index (κ1) is 11.8. The lowest BCUT2D eigenvalue weighted by Crippen LogP contribution is -2.35. The van der Waals surface area contributed by atoms with Gasteiger partial charge in [0.2, 0.25) is 0 Å². The quantitative estimate of drug-likeness (QED) is 0.764. The summed E-state index contributed by atoms with van der Waals surface area (Å²) in [5, 5.41) is 0. The summed E-state index contributed by atoms with van der Waals surface area (Å²) < 4.78 is 5.08. The zero-order valence-electron chi connectivity index (χ0n) is 9.86. The van der Waals surface area contributed by atoms with Gasteiger partial charge in [-0.05, 0) is 31.4 Å². The number of carbonyl (C=O) groups excluding carboxylic acids is 1. The Labute approximate surface area is 91.1 Å². The standard InChI is InChI=1S/C12H19NO2/c1-9(2)8-10(3)13(4)12(14)11-6-5-7-15-11/h5-7,9-10H,8H2,1-4H3. The molecule has 0 spiro atoms. The Morgan fingerprint density at radius 2 is 2.13 bits per heavy atom. The van der Waals surface area contributed by atoms with E-state index in [9.17, 15) is 4.79 Å². The Morgan fingerprint density at radius 1 is 1.47 bits per heavy atom. The van der Waals surface area contributed by atoms with E-state index >= 15 is 0 Å². The van der Waals surface area contributed by atoms with Crippen molar-refractivity contribution in [2.45, 2.75) is 33.2 Å². The molecular formula is C12H19NO2. The summed E-state index contributed by atoms with van der Waals surface area (Å²) >= 11 is 0. The predicted molar refractivity (Wildman–Crippen MR) is 59.7 cm³/mol. The predicted octanol–water partition coefficient (Wildman–Crippen LogP) is 2.79. The van der Waals surface area contributed by atoms with Gasteiger partial charge in [0.25, 0.3) is 5.91 Å². The lowest BCUT2D eigenvalue weighted by molar-refractivity contribution is 0.0696. The largest absolute Gasteiger partial charge is 0.459 e. The molecule has 3 heteroatoms. The fourth-order valence-electron chi connectivity index (χ4n) is 1.61. The van der Waals surface area contributed by atoms with E-state index in [4.69, 9.17) is 4.42 Å².